The zero-order valence-corrected chi connectivity index (χ0v) is 8.30. The molecule has 0 saturated heterocycles. The highest BCUT2D eigenvalue weighted by Gasteiger charge is 2.34. The Bertz CT molecular complexity index is 418. The molecule has 0 aliphatic carbocycles. The van der Waals surface area contributed by atoms with Crippen LogP contribution in [0, 0.1) is 0 Å². The van der Waals surface area contributed by atoms with Gasteiger partial charge >= 0.3 is 0 Å². The van der Waals surface area contributed by atoms with Crippen LogP contribution in [0.1, 0.15) is 22.8 Å². The van der Waals surface area contributed by atoms with Crippen LogP contribution in [0.25, 0.3) is 0 Å². The van der Waals surface area contributed by atoms with Gasteiger partial charge in [-0.2, -0.15) is 0 Å². The molecule has 4 heteroatoms. The minimum absolute atomic E-state index is 0.304. The molecule has 0 saturated carbocycles. The maximum Gasteiger partial charge on any atom is 0.266 e. The van der Waals surface area contributed by atoms with Gasteiger partial charge in [0, 0.05) is 12.5 Å². The molecule has 2 rings (SSSR count). The van der Waals surface area contributed by atoms with Crippen molar-refractivity contribution in [2.45, 2.75) is 6.92 Å². The van der Waals surface area contributed by atoms with Crippen LogP contribution in [0.15, 0.2) is 24.3 Å². The SMILES string of the molecule is CC(=O)N1C(=O)c2ccccc2C1=S. The molecule has 1 heterocycles. The van der Waals surface area contributed by atoms with Crippen molar-refractivity contribution in [3.8, 4) is 0 Å². The number of amides is 2. The first-order chi connectivity index (χ1) is 6.63. The Labute approximate surface area is 86.3 Å². The highest BCUT2D eigenvalue weighted by Crippen LogP contribution is 2.23. The van der Waals surface area contributed by atoms with Crippen molar-refractivity contribution in [1.29, 1.82) is 0 Å². The number of rotatable bonds is 0. The second kappa shape index (κ2) is 2.99. The third-order valence-corrected chi connectivity index (χ3v) is 2.51. The molecule has 0 radical (unpaired) electrons. The fraction of sp³-hybridized carbons (Fsp3) is 0.100. The van der Waals surface area contributed by atoms with Crippen LogP contribution < -0.4 is 0 Å². The first-order valence-corrected chi connectivity index (χ1v) is 4.52. The lowest BCUT2D eigenvalue weighted by atomic mass is 10.1. The average molecular weight is 205 g/mol. The molecule has 0 unspecified atom stereocenters. The van der Waals surface area contributed by atoms with Crippen molar-refractivity contribution in [2.24, 2.45) is 0 Å². The molecule has 1 aromatic rings. The summed E-state index contributed by atoms with van der Waals surface area (Å²) >= 11 is 5.03. The number of carbonyl (C=O) groups is 2. The van der Waals surface area contributed by atoms with Gasteiger partial charge in [-0.1, -0.05) is 30.4 Å². The molecule has 0 fully saturated rings. The topological polar surface area (TPSA) is 37.4 Å². The monoisotopic (exact) mass is 205 g/mol. The van der Waals surface area contributed by atoms with Gasteiger partial charge in [0.25, 0.3) is 5.91 Å². The minimum Gasteiger partial charge on any atom is -0.274 e. The van der Waals surface area contributed by atoms with Crippen molar-refractivity contribution in [2.75, 3.05) is 0 Å². The fourth-order valence-electron chi connectivity index (χ4n) is 1.48. The van der Waals surface area contributed by atoms with Crippen LogP contribution in [0.5, 0.6) is 0 Å². The van der Waals surface area contributed by atoms with E-state index >= 15 is 0 Å². The first kappa shape index (κ1) is 9.02. The van der Waals surface area contributed by atoms with Crippen LogP contribution in [0.2, 0.25) is 0 Å². The first-order valence-electron chi connectivity index (χ1n) is 4.11. The Morgan fingerprint density at radius 2 is 1.86 bits per heavy atom. The smallest absolute Gasteiger partial charge is 0.266 e. The van der Waals surface area contributed by atoms with Crippen molar-refractivity contribution in [3.63, 3.8) is 0 Å². The number of carbonyl (C=O) groups excluding carboxylic acids is 2. The normalized spacial score (nSPS) is 14.5. The summed E-state index contributed by atoms with van der Waals surface area (Å²) in [6, 6.07) is 6.97. The second-order valence-electron chi connectivity index (χ2n) is 3.01. The lowest BCUT2D eigenvalue weighted by Crippen LogP contribution is -2.33. The summed E-state index contributed by atoms with van der Waals surface area (Å²) in [7, 11) is 0. The van der Waals surface area contributed by atoms with Gasteiger partial charge in [0.1, 0.15) is 4.99 Å². The van der Waals surface area contributed by atoms with Crippen molar-refractivity contribution >= 4 is 29.0 Å². The number of benzene rings is 1. The van der Waals surface area contributed by atoms with E-state index in [9.17, 15) is 9.59 Å². The van der Waals surface area contributed by atoms with Gasteiger partial charge in [-0.3, -0.25) is 9.59 Å². The van der Waals surface area contributed by atoms with E-state index in [0.29, 0.717) is 16.1 Å². The number of nitrogens with zero attached hydrogens (tertiary/aromatic N) is 1. The van der Waals surface area contributed by atoms with Gasteiger partial charge in [0.2, 0.25) is 5.91 Å². The molecule has 2 amide bonds. The average Bonchev–Trinajstić information content (AvgIpc) is 2.41. The van der Waals surface area contributed by atoms with Crippen LogP contribution in [0.3, 0.4) is 0 Å². The zero-order valence-electron chi connectivity index (χ0n) is 7.48. The third-order valence-electron chi connectivity index (χ3n) is 2.11. The molecule has 1 aliphatic heterocycles. The molecular weight excluding hydrogens is 198 g/mol. The number of imide groups is 1. The summed E-state index contributed by atoms with van der Waals surface area (Å²) < 4.78 is 0. The van der Waals surface area contributed by atoms with E-state index in [1.165, 1.54) is 6.92 Å². The molecule has 70 valence electrons. The molecule has 0 N–H and O–H groups in total. The number of thiocarbonyl (C=S) groups is 1. The van der Waals surface area contributed by atoms with E-state index < -0.39 is 0 Å². The number of hydrogen-bond donors (Lipinski definition) is 0. The van der Waals surface area contributed by atoms with Crippen molar-refractivity contribution in [1.82, 2.24) is 4.90 Å². The molecule has 1 aromatic carbocycles. The quantitative estimate of drug-likeness (QED) is 0.600. The Hall–Kier alpha value is -1.55. The van der Waals surface area contributed by atoms with Gasteiger partial charge in [-0.05, 0) is 6.07 Å². The maximum atomic E-state index is 11.7. The molecule has 3 nitrogen and oxygen atoms in total. The Morgan fingerprint density at radius 3 is 2.36 bits per heavy atom. The second-order valence-corrected chi connectivity index (χ2v) is 3.40. The van der Waals surface area contributed by atoms with E-state index in [-0.39, 0.29) is 11.8 Å². The van der Waals surface area contributed by atoms with Gasteiger partial charge in [0.15, 0.2) is 0 Å². The lowest BCUT2D eigenvalue weighted by Gasteiger charge is -2.09. The fourth-order valence-corrected chi connectivity index (χ4v) is 1.86. The molecule has 0 atom stereocenters. The largest absolute Gasteiger partial charge is 0.274 e. The van der Waals surface area contributed by atoms with E-state index in [2.05, 4.69) is 0 Å². The minimum atomic E-state index is -0.337. The molecular formula is C10H7NO2S. The van der Waals surface area contributed by atoms with Gasteiger partial charge in [-0.15, -0.1) is 0 Å². The van der Waals surface area contributed by atoms with Crippen LogP contribution in [-0.2, 0) is 4.79 Å². The Balaban J connectivity index is 2.59. The van der Waals surface area contributed by atoms with Gasteiger partial charge in [-0.25, -0.2) is 4.90 Å². The van der Waals surface area contributed by atoms with E-state index in [1.807, 2.05) is 0 Å². The number of hydrogen-bond acceptors (Lipinski definition) is 3. The summed E-state index contributed by atoms with van der Waals surface area (Å²) in [6.07, 6.45) is 0. The highest BCUT2D eigenvalue weighted by molar-refractivity contribution is 7.80. The summed E-state index contributed by atoms with van der Waals surface area (Å²) in [6.45, 7) is 1.33. The zero-order chi connectivity index (χ0) is 10.3. The summed E-state index contributed by atoms with van der Waals surface area (Å²) in [5, 5.41) is 0. The summed E-state index contributed by atoms with van der Waals surface area (Å²) in [5.41, 5.74) is 1.18. The van der Waals surface area contributed by atoms with Crippen LogP contribution in [-0.4, -0.2) is 21.7 Å². The lowest BCUT2D eigenvalue weighted by molar-refractivity contribution is -0.123. The molecule has 1 aliphatic rings. The predicted molar refractivity (Wildman–Crippen MR) is 55.0 cm³/mol. The summed E-state index contributed by atoms with van der Waals surface area (Å²) in [4.78, 5) is 24.2. The molecule has 0 bridgehead atoms. The third kappa shape index (κ3) is 1.08. The Kier molecular flexibility index (Phi) is 1.93. The maximum absolute atomic E-state index is 11.7. The predicted octanol–water partition coefficient (Wildman–Crippen LogP) is 1.36. The van der Waals surface area contributed by atoms with E-state index in [4.69, 9.17) is 12.2 Å². The molecule has 14 heavy (non-hydrogen) atoms. The number of fused-ring (bicyclic) bond motifs is 1. The highest BCUT2D eigenvalue weighted by atomic mass is 32.1. The standard InChI is InChI=1S/C10H7NO2S/c1-6(12)11-9(13)7-4-2-3-5-8(7)10(11)14/h2-5H,1H3. The van der Waals surface area contributed by atoms with E-state index in [0.717, 1.165) is 4.90 Å². The van der Waals surface area contributed by atoms with Crippen LogP contribution in [0.4, 0.5) is 0 Å². The molecule has 0 spiro atoms. The van der Waals surface area contributed by atoms with Crippen molar-refractivity contribution in [3.05, 3.63) is 35.4 Å². The molecule has 0 aromatic heterocycles. The van der Waals surface area contributed by atoms with Gasteiger partial charge < -0.3 is 0 Å². The van der Waals surface area contributed by atoms with E-state index in [1.54, 1.807) is 24.3 Å². The summed E-state index contributed by atoms with van der Waals surface area (Å²) in [5.74, 6) is -0.658. The van der Waals surface area contributed by atoms with Crippen molar-refractivity contribution < 1.29 is 9.59 Å². The van der Waals surface area contributed by atoms with Gasteiger partial charge in [0.05, 0.1) is 5.56 Å². The van der Waals surface area contributed by atoms with Crippen LogP contribution >= 0.6 is 12.2 Å². The Morgan fingerprint density at radius 1 is 1.29 bits per heavy atom.